The van der Waals surface area contributed by atoms with Crippen molar-refractivity contribution in [3.8, 4) is 0 Å². The summed E-state index contributed by atoms with van der Waals surface area (Å²) in [4.78, 5) is 79.2. The normalized spacial score (nSPS) is 13.5. The summed E-state index contributed by atoms with van der Waals surface area (Å²) in [5.74, 6) is -13.4. The van der Waals surface area contributed by atoms with E-state index in [9.17, 15) is 33.9 Å². The third-order valence-electron chi connectivity index (χ3n) is 5.81. The highest BCUT2D eigenvalue weighted by molar-refractivity contribution is 6.22. The van der Waals surface area contributed by atoms with Crippen LogP contribution in [-0.2, 0) is 47.7 Å². The summed E-state index contributed by atoms with van der Waals surface area (Å²) >= 11 is 0. The Hall–Kier alpha value is -3.22. The van der Waals surface area contributed by atoms with Crippen LogP contribution in [-0.4, -0.2) is 72.8 Å². The lowest BCUT2D eigenvalue weighted by molar-refractivity contribution is -0.201. The summed E-state index contributed by atoms with van der Waals surface area (Å²) in [5.41, 5.74) is 4.32. The van der Waals surface area contributed by atoms with Gasteiger partial charge in [-0.1, -0.05) is 53.4 Å². The van der Waals surface area contributed by atoms with Crippen molar-refractivity contribution in [2.45, 2.75) is 84.6 Å². The monoisotopic (exact) mass is 546 g/mol. The number of rotatable bonds is 20. The lowest BCUT2D eigenvalue weighted by atomic mass is 9.61. The quantitative estimate of drug-likeness (QED) is 0.0851. The molecule has 0 aromatic rings. The van der Waals surface area contributed by atoms with Gasteiger partial charge in [-0.15, -0.1) is 0 Å². The van der Waals surface area contributed by atoms with Crippen LogP contribution in [0.2, 0.25) is 0 Å². The van der Waals surface area contributed by atoms with E-state index in [1.54, 1.807) is 27.7 Å². The summed E-state index contributed by atoms with van der Waals surface area (Å²) < 4.78 is 20.4. The Morgan fingerprint density at radius 3 is 1.32 bits per heavy atom. The van der Waals surface area contributed by atoms with E-state index in [0.717, 1.165) is 0 Å². The standard InChI is InChI=1S/C25H42N2O11/c1-5-9-13-35-19(29)17(18(26)28)24(21(32)36-14-10-6-2,22(33)37-15-11-7-3)25(27,20(30)31)23(34)38-16-12-8-4/h17H,5-16,27H2,1-4H3,(H2,26,28)(H,30,31). The summed E-state index contributed by atoms with van der Waals surface area (Å²) in [6.07, 6.45) is 3.29. The van der Waals surface area contributed by atoms with Crippen LogP contribution in [0.1, 0.15) is 79.1 Å². The summed E-state index contributed by atoms with van der Waals surface area (Å²) in [7, 11) is 0. The molecule has 0 aromatic carbocycles. The van der Waals surface area contributed by atoms with Crippen LogP contribution in [0.5, 0.6) is 0 Å². The maximum Gasteiger partial charge on any atom is 0.339 e. The second-order valence-electron chi connectivity index (χ2n) is 8.75. The molecule has 0 aliphatic rings. The number of carboxylic acids is 1. The van der Waals surface area contributed by atoms with Crippen LogP contribution in [0.3, 0.4) is 0 Å². The molecule has 5 N–H and O–H groups in total. The molecule has 2 atom stereocenters. The predicted octanol–water partition coefficient (Wildman–Crippen LogP) is 1.23. The van der Waals surface area contributed by atoms with Crippen LogP contribution in [0, 0.1) is 11.3 Å². The summed E-state index contributed by atoms with van der Waals surface area (Å²) in [6.45, 7) is 5.77. The molecular formula is C25H42N2O11. The smallest absolute Gasteiger partial charge is 0.339 e. The Morgan fingerprint density at radius 2 is 1.00 bits per heavy atom. The first-order chi connectivity index (χ1) is 17.9. The molecular weight excluding hydrogens is 504 g/mol. The van der Waals surface area contributed by atoms with Crippen LogP contribution < -0.4 is 11.5 Å². The third kappa shape index (κ3) is 8.14. The molecule has 0 saturated carbocycles. The minimum absolute atomic E-state index is 0.253. The zero-order chi connectivity index (χ0) is 29.4. The molecule has 0 radical (unpaired) electrons. The van der Waals surface area contributed by atoms with E-state index in [-0.39, 0.29) is 45.7 Å². The van der Waals surface area contributed by atoms with Gasteiger partial charge >= 0.3 is 29.8 Å². The fraction of sp³-hybridized carbons (Fsp3) is 0.760. The first kappa shape index (κ1) is 34.8. The van der Waals surface area contributed by atoms with Gasteiger partial charge in [0.1, 0.15) is 0 Å². The third-order valence-corrected chi connectivity index (χ3v) is 5.81. The van der Waals surface area contributed by atoms with Gasteiger partial charge in [0.15, 0.2) is 5.92 Å². The van der Waals surface area contributed by atoms with Crippen molar-refractivity contribution in [3.63, 3.8) is 0 Å². The molecule has 0 spiro atoms. The molecule has 2 unspecified atom stereocenters. The van der Waals surface area contributed by atoms with Crippen molar-refractivity contribution in [3.05, 3.63) is 0 Å². The minimum atomic E-state index is -3.66. The van der Waals surface area contributed by atoms with Crippen molar-refractivity contribution < 1.29 is 52.8 Å². The highest BCUT2D eigenvalue weighted by Gasteiger charge is 2.78. The van der Waals surface area contributed by atoms with E-state index < -0.39 is 52.6 Å². The molecule has 0 saturated heterocycles. The van der Waals surface area contributed by atoms with E-state index in [4.69, 9.17) is 30.4 Å². The number of carbonyl (C=O) groups excluding carboxylic acids is 5. The molecule has 0 aliphatic heterocycles. The Bertz CT molecular complexity index is 808. The van der Waals surface area contributed by atoms with Crippen molar-refractivity contribution in [1.82, 2.24) is 0 Å². The van der Waals surface area contributed by atoms with Gasteiger partial charge in [0.05, 0.1) is 26.4 Å². The lowest BCUT2D eigenvalue weighted by Gasteiger charge is -2.41. The van der Waals surface area contributed by atoms with Gasteiger partial charge in [0.25, 0.3) is 0 Å². The van der Waals surface area contributed by atoms with E-state index >= 15 is 0 Å². The van der Waals surface area contributed by atoms with Gasteiger partial charge in [-0.2, -0.15) is 0 Å². The van der Waals surface area contributed by atoms with Crippen LogP contribution in [0.15, 0.2) is 0 Å². The van der Waals surface area contributed by atoms with E-state index in [1.165, 1.54) is 0 Å². The average Bonchev–Trinajstić information content (AvgIpc) is 2.86. The molecule has 1 amide bonds. The Kier molecular flexibility index (Phi) is 15.9. The second-order valence-corrected chi connectivity index (χ2v) is 8.75. The number of hydrogen-bond acceptors (Lipinski definition) is 11. The number of amides is 1. The minimum Gasteiger partial charge on any atom is -0.479 e. The molecule has 0 fully saturated rings. The van der Waals surface area contributed by atoms with Crippen LogP contribution in [0.25, 0.3) is 0 Å². The number of aliphatic carboxylic acids is 1. The number of primary amides is 1. The molecule has 13 heteroatoms. The number of nitrogens with two attached hydrogens (primary N) is 2. The molecule has 13 nitrogen and oxygen atoms in total. The van der Waals surface area contributed by atoms with Gasteiger partial charge in [-0.3, -0.25) is 19.2 Å². The lowest BCUT2D eigenvalue weighted by Crippen LogP contribution is -2.77. The highest BCUT2D eigenvalue weighted by atomic mass is 16.6. The molecule has 0 rings (SSSR count). The van der Waals surface area contributed by atoms with E-state index in [0.29, 0.717) is 32.1 Å². The number of carboxylic acid groups (broad SMARTS) is 1. The molecule has 0 aliphatic carbocycles. The number of unbranched alkanes of at least 4 members (excludes halogenated alkanes) is 4. The topological polar surface area (TPSA) is 212 Å². The summed E-state index contributed by atoms with van der Waals surface area (Å²) in [6, 6.07) is 0. The number of esters is 4. The Labute approximate surface area is 222 Å². The summed E-state index contributed by atoms with van der Waals surface area (Å²) in [5, 5.41) is 10.2. The molecule has 0 aromatic heterocycles. The first-order valence-corrected chi connectivity index (χ1v) is 12.9. The van der Waals surface area contributed by atoms with E-state index in [2.05, 4.69) is 0 Å². The Balaban J connectivity index is 7.41. The SMILES string of the molecule is CCCCOC(=O)C(C(N)=O)C(C(=O)OCCCC)(C(=O)OCCCC)C(N)(C(=O)O)C(=O)OCCCC. The van der Waals surface area contributed by atoms with Crippen molar-refractivity contribution in [2.75, 3.05) is 26.4 Å². The van der Waals surface area contributed by atoms with Crippen molar-refractivity contribution in [1.29, 1.82) is 0 Å². The zero-order valence-electron chi connectivity index (χ0n) is 22.7. The molecule has 0 bridgehead atoms. The second kappa shape index (κ2) is 17.3. The van der Waals surface area contributed by atoms with Crippen LogP contribution >= 0.6 is 0 Å². The number of hydrogen-bond donors (Lipinski definition) is 3. The van der Waals surface area contributed by atoms with Crippen molar-refractivity contribution >= 4 is 35.8 Å². The Morgan fingerprint density at radius 1 is 0.658 bits per heavy atom. The van der Waals surface area contributed by atoms with Gasteiger partial charge in [0, 0.05) is 0 Å². The van der Waals surface area contributed by atoms with Gasteiger partial charge in [-0.05, 0) is 25.7 Å². The van der Waals surface area contributed by atoms with Gasteiger partial charge in [-0.25, -0.2) is 9.59 Å². The van der Waals surface area contributed by atoms with Gasteiger partial charge < -0.3 is 35.5 Å². The van der Waals surface area contributed by atoms with Crippen molar-refractivity contribution in [2.24, 2.45) is 22.8 Å². The fourth-order valence-electron chi connectivity index (χ4n) is 3.46. The first-order valence-electron chi connectivity index (χ1n) is 12.9. The van der Waals surface area contributed by atoms with Gasteiger partial charge in [0.2, 0.25) is 16.9 Å². The zero-order valence-corrected chi connectivity index (χ0v) is 22.7. The molecule has 0 heterocycles. The maximum atomic E-state index is 13.7. The van der Waals surface area contributed by atoms with Crippen LogP contribution in [0.4, 0.5) is 0 Å². The highest BCUT2D eigenvalue weighted by Crippen LogP contribution is 2.43. The molecule has 38 heavy (non-hydrogen) atoms. The fourth-order valence-corrected chi connectivity index (χ4v) is 3.46. The molecule has 218 valence electrons. The average molecular weight is 547 g/mol. The number of ether oxygens (including phenoxy) is 4. The number of carbonyl (C=O) groups is 6. The van der Waals surface area contributed by atoms with E-state index in [1.807, 2.05) is 0 Å². The largest absolute Gasteiger partial charge is 0.479 e. The predicted molar refractivity (Wildman–Crippen MR) is 133 cm³/mol. The maximum absolute atomic E-state index is 13.7.